The first-order chi connectivity index (χ1) is 20.0. The van der Waals surface area contributed by atoms with E-state index < -0.39 is 23.6 Å². The highest BCUT2D eigenvalue weighted by Gasteiger charge is 2.40. The molecule has 1 aliphatic carbocycles. The number of hydrogen-bond acceptors (Lipinski definition) is 6. The molecule has 1 fully saturated rings. The van der Waals surface area contributed by atoms with E-state index in [-0.39, 0.29) is 30.3 Å². The molecule has 3 amide bonds. The summed E-state index contributed by atoms with van der Waals surface area (Å²) in [5.74, 6) is -1.10. The highest BCUT2D eigenvalue weighted by molar-refractivity contribution is 5.94. The van der Waals surface area contributed by atoms with Crippen molar-refractivity contribution in [2.24, 2.45) is 5.92 Å². The van der Waals surface area contributed by atoms with Crippen LogP contribution in [-0.4, -0.2) is 66.7 Å². The van der Waals surface area contributed by atoms with Crippen LogP contribution in [0.1, 0.15) is 73.5 Å². The lowest BCUT2D eigenvalue weighted by atomic mass is 9.87. The van der Waals surface area contributed by atoms with Gasteiger partial charge in [0.15, 0.2) is 0 Å². The number of hydrogen-bond donors (Lipinski definition) is 2. The Hall–Kier alpha value is -3.88. The van der Waals surface area contributed by atoms with Crippen LogP contribution in [0.5, 0.6) is 0 Å². The van der Waals surface area contributed by atoms with Crippen molar-refractivity contribution in [3.05, 3.63) is 70.8 Å². The monoisotopic (exact) mass is 577 g/mol. The predicted molar refractivity (Wildman–Crippen MR) is 159 cm³/mol. The fourth-order valence-corrected chi connectivity index (χ4v) is 5.82. The zero-order valence-electron chi connectivity index (χ0n) is 25.1. The molecule has 226 valence electrons. The third-order valence-corrected chi connectivity index (χ3v) is 7.89. The molecule has 0 radical (unpaired) electrons. The van der Waals surface area contributed by atoms with E-state index in [2.05, 4.69) is 22.8 Å². The minimum absolute atomic E-state index is 0.0160. The summed E-state index contributed by atoms with van der Waals surface area (Å²) in [6.45, 7) is 6.38. The molecular formula is C33H43N3O6. The van der Waals surface area contributed by atoms with Gasteiger partial charge < -0.3 is 25.0 Å². The molecule has 2 aromatic rings. The van der Waals surface area contributed by atoms with Crippen LogP contribution >= 0.6 is 0 Å². The lowest BCUT2D eigenvalue weighted by Gasteiger charge is -2.28. The first-order valence-corrected chi connectivity index (χ1v) is 14.8. The second-order valence-electron chi connectivity index (χ2n) is 12.3. The van der Waals surface area contributed by atoms with Crippen molar-refractivity contribution in [1.82, 2.24) is 15.5 Å². The molecule has 0 aromatic heterocycles. The zero-order chi connectivity index (χ0) is 30.3. The lowest BCUT2D eigenvalue weighted by molar-refractivity contribution is -0.144. The van der Waals surface area contributed by atoms with Gasteiger partial charge in [0.1, 0.15) is 5.60 Å². The van der Waals surface area contributed by atoms with Gasteiger partial charge in [0.2, 0.25) is 5.91 Å². The Kier molecular flexibility index (Phi) is 10.2. The van der Waals surface area contributed by atoms with E-state index >= 15 is 0 Å². The molecule has 1 saturated heterocycles. The Morgan fingerprint density at radius 1 is 1.05 bits per heavy atom. The molecule has 42 heavy (non-hydrogen) atoms. The Balaban J connectivity index is 1.34. The number of fused-ring (bicyclic) bond motifs is 1. The highest BCUT2D eigenvalue weighted by atomic mass is 16.6. The average molecular weight is 578 g/mol. The predicted octanol–water partition coefficient (Wildman–Crippen LogP) is 4.21. The number of methoxy groups -OCH3 is 1. The van der Waals surface area contributed by atoms with Crippen molar-refractivity contribution in [3.63, 3.8) is 0 Å². The Morgan fingerprint density at radius 3 is 2.52 bits per heavy atom. The van der Waals surface area contributed by atoms with Gasteiger partial charge in [-0.25, -0.2) is 4.79 Å². The number of ether oxygens (including phenoxy) is 2. The van der Waals surface area contributed by atoms with Gasteiger partial charge in [-0.15, -0.1) is 0 Å². The summed E-state index contributed by atoms with van der Waals surface area (Å²) in [6.07, 6.45) is 3.95. The Morgan fingerprint density at radius 2 is 1.81 bits per heavy atom. The van der Waals surface area contributed by atoms with Gasteiger partial charge in [-0.1, -0.05) is 36.4 Å². The number of rotatable bonds is 10. The molecule has 2 aliphatic rings. The van der Waals surface area contributed by atoms with E-state index in [1.54, 1.807) is 0 Å². The molecule has 1 unspecified atom stereocenters. The maximum atomic E-state index is 13.2. The van der Waals surface area contributed by atoms with Crippen molar-refractivity contribution >= 4 is 23.9 Å². The van der Waals surface area contributed by atoms with E-state index in [4.69, 9.17) is 9.47 Å². The number of nitrogens with one attached hydrogen (secondary N) is 2. The molecular weight excluding hydrogens is 534 g/mol. The van der Waals surface area contributed by atoms with Gasteiger partial charge in [0, 0.05) is 30.7 Å². The number of amides is 3. The summed E-state index contributed by atoms with van der Waals surface area (Å²) < 4.78 is 10.2. The summed E-state index contributed by atoms with van der Waals surface area (Å²) >= 11 is 0. The fraction of sp³-hybridized carbons (Fsp3) is 0.515. The van der Waals surface area contributed by atoms with Crippen LogP contribution in [0.15, 0.2) is 48.5 Å². The van der Waals surface area contributed by atoms with Crippen LogP contribution in [0, 0.1) is 5.92 Å². The largest absolute Gasteiger partial charge is 0.469 e. The highest BCUT2D eigenvalue weighted by Crippen LogP contribution is 2.28. The first-order valence-electron chi connectivity index (χ1n) is 14.8. The summed E-state index contributed by atoms with van der Waals surface area (Å²) in [5.41, 5.74) is 3.43. The molecule has 4 rings (SSSR count). The average Bonchev–Trinajstić information content (AvgIpc) is 3.24. The van der Waals surface area contributed by atoms with Crippen molar-refractivity contribution in [2.75, 3.05) is 20.2 Å². The number of carbonyl (C=O) groups excluding carboxylic acids is 4. The topological polar surface area (TPSA) is 114 Å². The number of esters is 1. The molecule has 2 N–H and O–H groups in total. The third kappa shape index (κ3) is 8.57. The van der Waals surface area contributed by atoms with Gasteiger partial charge in [0.25, 0.3) is 5.91 Å². The normalized spacial score (nSPS) is 20.0. The number of likely N-dealkylation sites (tertiary alicyclic amines) is 1. The zero-order valence-corrected chi connectivity index (χ0v) is 25.1. The number of benzene rings is 2. The third-order valence-electron chi connectivity index (χ3n) is 7.89. The van der Waals surface area contributed by atoms with E-state index in [9.17, 15) is 19.2 Å². The molecule has 3 atom stereocenters. The summed E-state index contributed by atoms with van der Waals surface area (Å²) in [5, 5.41) is 5.98. The SMILES string of the molecule is COC(=O)C[C@@H]1C[C@@H](CNC(=O)c2ccc3c(c2)CCC(NC(=O)OC(C)(C)C)C3)N(CCCc2ccccc2)C1=O. The van der Waals surface area contributed by atoms with E-state index in [0.717, 1.165) is 36.8 Å². The van der Waals surface area contributed by atoms with E-state index in [1.807, 2.05) is 62.1 Å². The summed E-state index contributed by atoms with van der Waals surface area (Å²) in [4.78, 5) is 52.3. The molecule has 0 saturated carbocycles. The molecule has 9 nitrogen and oxygen atoms in total. The summed E-state index contributed by atoms with van der Waals surface area (Å²) in [6, 6.07) is 15.6. The smallest absolute Gasteiger partial charge is 0.407 e. The maximum absolute atomic E-state index is 13.2. The molecule has 2 aromatic carbocycles. The van der Waals surface area contributed by atoms with Crippen LogP contribution in [0.3, 0.4) is 0 Å². The van der Waals surface area contributed by atoms with Crippen molar-refractivity contribution in [1.29, 1.82) is 0 Å². The summed E-state index contributed by atoms with van der Waals surface area (Å²) in [7, 11) is 1.33. The van der Waals surface area contributed by atoms with Crippen LogP contribution < -0.4 is 10.6 Å². The van der Waals surface area contributed by atoms with Gasteiger partial charge in [-0.2, -0.15) is 0 Å². The van der Waals surface area contributed by atoms with Gasteiger partial charge in [-0.05, 0) is 88.1 Å². The molecule has 9 heteroatoms. The quantitative estimate of drug-likeness (QED) is 0.409. The van der Waals surface area contributed by atoms with Crippen molar-refractivity contribution in [2.45, 2.75) is 83.4 Å². The van der Waals surface area contributed by atoms with E-state index in [1.165, 1.54) is 12.7 Å². The number of nitrogens with zero attached hydrogens (tertiary/aromatic N) is 1. The Labute approximate surface area is 248 Å². The standard InChI is InChI=1S/C33H43N3O6/c1-33(2,3)42-32(40)35-27-15-14-23-17-25(13-12-24(23)18-27)30(38)34-21-28-19-26(20-29(37)41-4)31(39)36(28)16-8-11-22-9-6-5-7-10-22/h5-7,9-10,12-13,17,26-28H,8,11,14-16,18-21H2,1-4H3,(H,34,38)(H,35,40)/t26-,27?,28-/m0/s1. The fourth-order valence-electron chi connectivity index (χ4n) is 5.82. The van der Waals surface area contributed by atoms with Crippen LogP contribution in [-0.2, 0) is 38.3 Å². The second kappa shape index (κ2) is 13.9. The van der Waals surface area contributed by atoms with Crippen LogP contribution in [0.2, 0.25) is 0 Å². The van der Waals surface area contributed by atoms with Gasteiger partial charge >= 0.3 is 12.1 Å². The minimum atomic E-state index is -0.549. The minimum Gasteiger partial charge on any atom is -0.469 e. The first kappa shape index (κ1) is 31.1. The van der Waals surface area contributed by atoms with Gasteiger partial charge in [0.05, 0.1) is 19.4 Å². The number of carbonyl (C=O) groups is 4. The van der Waals surface area contributed by atoms with Crippen LogP contribution in [0.25, 0.3) is 0 Å². The van der Waals surface area contributed by atoms with Crippen LogP contribution in [0.4, 0.5) is 4.79 Å². The number of aryl methyl sites for hydroxylation is 2. The second-order valence-corrected chi connectivity index (χ2v) is 12.3. The van der Waals surface area contributed by atoms with Crippen molar-refractivity contribution in [3.8, 4) is 0 Å². The molecule has 1 aliphatic heterocycles. The molecule has 0 bridgehead atoms. The number of alkyl carbamates (subject to hydrolysis) is 1. The van der Waals surface area contributed by atoms with Crippen molar-refractivity contribution < 1.29 is 28.7 Å². The van der Waals surface area contributed by atoms with E-state index in [0.29, 0.717) is 31.5 Å². The van der Waals surface area contributed by atoms with Gasteiger partial charge in [-0.3, -0.25) is 14.4 Å². The maximum Gasteiger partial charge on any atom is 0.407 e. The molecule has 1 heterocycles. The lowest BCUT2D eigenvalue weighted by Crippen LogP contribution is -2.42. The molecule has 0 spiro atoms. The Bertz CT molecular complexity index is 1270.